The van der Waals surface area contributed by atoms with Crippen molar-refractivity contribution >= 4 is 0 Å². The molecule has 2 heterocycles. The second kappa shape index (κ2) is 5.07. The van der Waals surface area contributed by atoms with Gasteiger partial charge in [-0.05, 0) is 25.3 Å². The number of nitrogens with one attached hydrogen (secondary N) is 1. The van der Waals surface area contributed by atoms with Crippen LogP contribution in [0.25, 0.3) is 0 Å². The third-order valence-electron chi connectivity index (χ3n) is 3.50. The Labute approximate surface area is 102 Å². The third kappa shape index (κ3) is 2.99. The van der Waals surface area contributed by atoms with Crippen LogP contribution in [0.1, 0.15) is 30.6 Å². The number of rotatable bonds is 5. The minimum Gasteiger partial charge on any atom is -0.468 e. The SMILES string of the molecule is C1=CCN(Cc2ccoc2CNC2CC2)CC1. The Bertz CT molecular complexity index is 393. The smallest absolute Gasteiger partial charge is 0.122 e. The van der Waals surface area contributed by atoms with E-state index in [1.165, 1.54) is 24.8 Å². The van der Waals surface area contributed by atoms with Gasteiger partial charge in [0.05, 0.1) is 12.8 Å². The molecule has 1 aliphatic carbocycles. The largest absolute Gasteiger partial charge is 0.468 e. The molecule has 3 nitrogen and oxygen atoms in total. The highest BCUT2D eigenvalue weighted by Crippen LogP contribution is 2.21. The first kappa shape index (κ1) is 11.1. The lowest BCUT2D eigenvalue weighted by Crippen LogP contribution is -2.27. The van der Waals surface area contributed by atoms with Crippen molar-refractivity contribution in [1.82, 2.24) is 10.2 Å². The van der Waals surface area contributed by atoms with Gasteiger partial charge >= 0.3 is 0 Å². The van der Waals surface area contributed by atoms with Gasteiger partial charge in [0.1, 0.15) is 5.76 Å². The van der Waals surface area contributed by atoms with Crippen LogP contribution in [0.4, 0.5) is 0 Å². The van der Waals surface area contributed by atoms with E-state index in [-0.39, 0.29) is 0 Å². The summed E-state index contributed by atoms with van der Waals surface area (Å²) in [7, 11) is 0. The van der Waals surface area contributed by atoms with Gasteiger partial charge in [-0.25, -0.2) is 0 Å². The molecule has 2 aliphatic rings. The van der Waals surface area contributed by atoms with Crippen molar-refractivity contribution in [3.8, 4) is 0 Å². The molecular weight excluding hydrogens is 212 g/mol. The maximum absolute atomic E-state index is 5.58. The van der Waals surface area contributed by atoms with Gasteiger partial charge in [0.2, 0.25) is 0 Å². The number of hydrogen-bond acceptors (Lipinski definition) is 3. The normalized spacial score (nSPS) is 20.9. The van der Waals surface area contributed by atoms with Crippen LogP contribution in [0.3, 0.4) is 0 Å². The van der Waals surface area contributed by atoms with E-state index in [1.54, 1.807) is 0 Å². The van der Waals surface area contributed by atoms with E-state index in [0.717, 1.165) is 38.0 Å². The van der Waals surface area contributed by atoms with Gasteiger partial charge in [-0.2, -0.15) is 0 Å². The number of hydrogen-bond donors (Lipinski definition) is 1. The molecule has 0 amide bonds. The Kier molecular flexibility index (Phi) is 3.29. The summed E-state index contributed by atoms with van der Waals surface area (Å²) in [5.41, 5.74) is 1.34. The highest BCUT2D eigenvalue weighted by Gasteiger charge is 2.21. The summed E-state index contributed by atoms with van der Waals surface area (Å²) >= 11 is 0. The van der Waals surface area contributed by atoms with E-state index in [0.29, 0.717) is 0 Å². The van der Waals surface area contributed by atoms with Crippen LogP contribution in [0.15, 0.2) is 28.9 Å². The van der Waals surface area contributed by atoms with Crippen LogP contribution in [0.2, 0.25) is 0 Å². The first-order chi connectivity index (χ1) is 8.42. The molecule has 1 N–H and O–H groups in total. The minimum absolute atomic E-state index is 0.742. The number of furan rings is 1. The van der Waals surface area contributed by atoms with Crippen LogP contribution < -0.4 is 5.32 Å². The molecule has 0 radical (unpaired) electrons. The highest BCUT2D eigenvalue weighted by atomic mass is 16.3. The second-order valence-corrected chi connectivity index (χ2v) is 5.02. The van der Waals surface area contributed by atoms with Gasteiger partial charge in [-0.15, -0.1) is 0 Å². The fourth-order valence-corrected chi connectivity index (χ4v) is 2.26. The zero-order valence-corrected chi connectivity index (χ0v) is 10.2. The van der Waals surface area contributed by atoms with Crippen molar-refractivity contribution < 1.29 is 4.42 Å². The predicted molar refractivity (Wildman–Crippen MR) is 67.6 cm³/mol. The summed E-state index contributed by atoms with van der Waals surface area (Å²) in [5.74, 6) is 1.12. The fraction of sp³-hybridized carbons (Fsp3) is 0.571. The van der Waals surface area contributed by atoms with Crippen LogP contribution >= 0.6 is 0 Å². The van der Waals surface area contributed by atoms with Gasteiger partial charge in [0.25, 0.3) is 0 Å². The van der Waals surface area contributed by atoms with E-state index in [2.05, 4.69) is 28.4 Å². The molecule has 0 atom stereocenters. The lowest BCUT2D eigenvalue weighted by molar-refractivity contribution is 0.287. The monoisotopic (exact) mass is 232 g/mol. The molecule has 0 spiro atoms. The van der Waals surface area contributed by atoms with E-state index in [1.807, 2.05) is 6.26 Å². The number of nitrogens with zero attached hydrogens (tertiary/aromatic N) is 1. The summed E-state index contributed by atoms with van der Waals surface area (Å²) < 4.78 is 5.58. The van der Waals surface area contributed by atoms with Crippen LogP contribution in [-0.4, -0.2) is 24.0 Å². The van der Waals surface area contributed by atoms with Crippen LogP contribution in [0.5, 0.6) is 0 Å². The summed E-state index contributed by atoms with van der Waals surface area (Å²) in [5, 5.41) is 3.51. The van der Waals surface area contributed by atoms with Crippen molar-refractivity contribution in [3.05, 3.63) is 35.8 Å². The van der Waals surface area contributed by atoms with Gasteiger partial charge < -0.3 is 9.73 Å². The van der Waals surface area contributed by atoms with E-state index < -0.39 is 0 Å². The Morgan fingerprint density at radius 2 is 2.29 bits per heavy atom. The summed E-state index contributed by atoms with van der Waals surface area (Å²) in [4.78, 5) is 2.46. The molecule has 0 unspecified atom stereocenters. The molecule has 3 rings (SSSR count). The van der Waals surface area contributed by atoms with Gasteiger partial charge in [0, 0.05) is 31.2 Å². The molecule has 1 aromatic rings. The average molecular weight is 232 g/mol. The standard InChI is InChI=1S/C14H20N2O/c1-2-7-16(8-3-1)11-12-6-9-17-14(12)10-15-13-4-5-13/h1-2,6,9,13,15H,3-5,7-8,10-11H2. The third-order valence-corrected chi connectivity index (χ3v) is 3.50. The molecule has 1 aliphatic heterocycles. The first-order valence-corrected chi connectivity index (χ1v) is 6.58. The fourth-order valence-electron chi connectivity index (χ4n) is 2.26. The van der Waals surface area contributed by atoms with Crippen molar-refractivity contribution in [1.29, 1.82) is 0 Å². The Morgan fingerprint density at radius 1 is 1.35 bits per heavy atom. The van der Waals surface area contributed by atoms with Gasteiger partial charge in [-0.3, -0.25) is 4.90 Å². The molecule has 92 valence electrons. The quantitative estimate of drug-likeness (QED) is 0.790. The molecule has 3 heteroatoms. The van der Waals surface area contributed by atoms with Crippen molar-refractivity contribution in [2.45, 2.75) is 38.4 Å². The molecule has 0 aromatic carbocycles. The lowest BCUT2D eigenvalue weighted by atomic mass is 10.2. The predicted octanol–water partition coefficient (Wildman–Crippen LogP) is 2.29. The maximum Gasteiger partial charge on any atom is 0.122 e. The summed E-state index contributed by atoms with van der Waals surface area (Å²) in [6, 6.07) is 2.85. The zero-order chi connectivity index (χ0) is 11.5. The van der Waals surface area contributed by atoms with Gasteiger partial charge in [-0.1, -0.05) is 12.2 Å². The summed E-state index contributed by atoms with van der Waals surface area (Å²) in [6.07, 6.45) is 10.2. The molecular formula is C14H20N2O. The minimum atomic E-state index is 0.742. The molecule has 17 heavy (non-hydrogen) atoms. The Morgan fingerprint density at radius 3 is 3.06 bits per heavy atom. The van der Waals surface area contributed by atoms with Crippen LogP contribution in [-0.2, 0) is 13.1 Å². The first-order valence-electron chi connectivity index (χ1n) is 6.58. The van der Waals surface area contributed by atoms with Crippen molar-refractivity contribution in [3.63, 3.8) is 0 Å². The molecule has 0 bridgehead atoms. The van der Waals surface area contributed by atoms with E-state index >= 15 is 0 Å². The second-order valence-electron chi connectivity index (χ2n) is 5.02. The lowest BCUT2D eigenvalue weighted by Gasteiger charge is -2.22. The molecule has 1 aromatic heterocycles. The van der Waals surface area contributed by atoms with Crippen molar-refractivity contribution in [2.24, 2.45) is 0 Å². The Balaban J connectivity index is 1.57. The topological polar surface area (TPSA) is 28.4 Å². The molecule has 1 fully saturated rings. The van der Waals surface area contributed by atoms with Crippen molar-refractivity contribution in [2.75, 3.05) is 13.1 Å². The maximum atomic E-state index is 5.58. The van der Waals surface area contributed by atoms with Crippen LogP contribution in [0, 0.1) is 0 Å². The zero-order valence-electron chi connectivity index (χ0n) is 10.2. The Hall–Kier alpha value is -1.06. The van der Waals surface area contributed by atoms with Gasteiger partial charge in [0.15, 0.2) is 0 Å². The molecule has 1 saturated carbocycles. The van der Waals surface area contributed by atoms with E-state index in [9.17, 15) is 0 Å². The average Bonchev–Trinajstić information content (AvgIpc) is 3.09. The van der Waals surface area contributed by atoms with E-state index in [4.69, 9.17) is 4.42 Å². The highest BCUT2D eigenvalue weighted by molar-refractivity contribution is 5.17. The molecule has 0 saturated heterocycles. The summed E-state index contributed by atoms with van der Waals surface area (Å²) in [6.45, 7) is 4.14.